The van der Waals surface area contributed by atoms with Crippen molar-refractivity contribution in [2.75, 3.05) is 13.6 Å². The molecule has 0 spiro atoms. The van der Waals surface area contributed by atoms with Crippen molar-refractivity contribution in [1.29, 1.82) is 0 Å². The Balaban J connectivity index is 3.93. The normalized spacial score (nSPS) is 15.8. The Kier molecular flexibility index (Phi) is 4.55. The van der Waals surface area contributed by atoms with Crippen LogP contribution < -0.4 is 0 Å². The molecule has 1 nitrogen and oxygen atoms in total. The summed E-state index contributed by atoms with van der Waals surface area (Å²) < 4.78 is 36.0. The van der Waals surface area contributed by atoms with E-state index in [1.54, 1.807) is 11.9 Å². The quantitative estimate of drug-likeness (QED) is 0.694. The maximum Gasteiger partial charge on any atom is 0.402 e. The van der Waals surface area contributed by atoms with Crippen molar-refractivity contribution in [3.8, 4) is 0 Å². The highest BCUT2D eigenvalue weighted by Gasteiger charge is 2.38. The van der Waals surface area contributed by atoms with Crippen molar-refractivity contribution >= 4 is 15.9 Å². The maximum atomic E-state index is 12.0. The second-order valence-corrected chi connectivity index (χ2v) is 4.15. The van der Waals surface area contributed by atoms with Gasteiger partial charge in [-0.25, -0.2) is 0 Å². The summed E-state index contributed by atoms with van der Waals surface area (Å²) in [6, 6.07) is 0.132. The minimum Gasteiger partial charge on any atom is -0.303 e. The molecule has 1 atom stereocenters. The fourth-order valence-corrected chi connectivity index (χ4v) is 1.02. The van der Waals surface area contributed by atoms with Crippen LogP contribution >= 0.6 is 15.9 Å². The number of hydrogen-bond donors (Lipinski definition) is 0. The first-order valence-corrected chi connectivity index (χ1v) is 4.57. The monoisotopic (exact) mass is 247 g/mol. The molecule has 1 unspecified atom stereocenters. The van der Waals surface area contributed by atoms with E-state index >= 15 is 0 Å². The van der Waals surface area contributed by atoms with E-state index in [1.807, 2.05) is 13.8 Å². The predicted molar refractivity (Wildman–Crippen MR) is 46.5 cm³/mol. The van der Waals surface area contributed by atoms with Gasteiger partial charge in [0.25, 0.3) is 0 Å². The Morgan fingerprint density at radius 1 is 1.33 bits per heavy atom. The fraction of sp³-hybridized carbons (Fsp3) is 1.00. The van der Waals surface area contributed by atoms with Crippen LogP contribution in [0.2, 0.25) is 0 Å². The molecule has 0 rings (SSSR count). The molecule has 0 bridgehead atoms. The summed E-state index contributed by atoms with van der Waals surface area (Å²) in [6.45, 7) is 3.70. The van der Waals surface area contributed by atoms with Crippen LogP contribution in [-0.2, 0) is 0 Å². The van der Waals surface area contributed by atoms with Crippen LogP contribution in [0.3, 0.4) is 0 Å². The van der Waals surface area contributed by atoms with E-state index in [9.17, 15) is 13.2 Å². The average molecular weight is 248 g/mol. The maximum absolute atomic E-state index is 12.0. The number of hydrogen-bond acceptors (Lipinski definition) is 1. The first-order chi connectivity index (χ1) is 5.25. The Labute approximate surface area is 79.1 Å². The van der Waals surface area contributed by atoms with Gasteiger partial charge in [0.2, 0.25) is 0 Å². The van der Waals surface area contributed by atoms with Gasteiger partial charge in [-0.2, -0.15) is 13.2 Å². The molecule has 0 fully saturated rings. The molecule has 0 N–H and O–H groups in total. The fourth-order valence-electron chi connectivity index (χ4n) is 0.567. The number of halogens is 4. The van der Waals surface area contributed by atoms with E-state index in [-0.39, 0.29) is 12.6 Å². The molecule has 0 saturated heterocycles. The van der Waals surface area contributed by atoms with E-state index in [0.717, 1.165) is 0 Å². The van der Waals surface area contributed by atoms with Gasteiger partial charge in [-0.1, -0.05) is 15.9 Å². The van der Waals surface area contributed by atoms with Gasteiger partial charge in [0.05, 0.1) is 0 Å². The largest absolute Gasteiger partial charge is 0.402 e. The summed E-state index contributed by atoms with van der Waals surface area (Å²) in [5.74, 6) is 0. The van der Waals surface area contributed by atoms with Gasteiger partial charge in [-0.15, -0.1) is 0 Å². The summed E-state index contributed by atoms with van der Waals surface area (Å²) in [5, 5.41) is 0. The Bertz CT molecular complexity index is 135. The molecule has 12 heavy (non-hydrogen) atoms. The van der Waals surface area contributed by atoms with Gasteiger partial charge < -0.3 is 4.90 Å². The molecule has 0 aliphatic rings. The van der Waals surface area contributed by atoms with Crippen molar-refractivity contribution in [2.24, 2.45) is 0 Å². The molecule has 0 aromatic heterocycles. The van der Waals surface area contributed by atoms with E-state index < -0.39 is 11.0 Å². The third-order valence-electron chi connectivity index (χ3n) is 1.68. The summed E-state index contributed by atoms with van der Waals surface area (Å²) >= 11 is 2.60. The lowest BCUT2D eigenvalue weighted by molar-refractivity contribution is -0.130. The van der Waals surface area contributed by atoms with Crippen molar-refractivity contribution < 1.29 is 13.2 Å². The Hall–Kier alpha value is 0.230. The van der Waals surface area contributed by atoms with Crippen molar-refractivity contribution in [3.05, 3.63) is 0 Å². The average Bonchev–Trinajstić information content (AvgIpc) is 1.85. The minimum absolute atomic E-state index is 0.0127. The van der Waals surface area contributed by atoms with Crippen LogP contribution in [0.4, 0.5) is 13.2 Å². The van der Waals surface area contributed by atoms with E-state index in [1.165, 1.54) is 0 Å². The van der Waals surface area contributed by atoms with Gasteiger partial charge >= 0.3 is 6.18 Å². The number of nitrogens with zero attached hydrogens (tertiary/aromatic N) is 1. The summed E-state index contributed by atoms with van der Waals surface area (Å²) in [4.78, 5) is 0.213. The van der Waals surface area contributed by atoms with Gasteiger partial charge in [-0.05, 0) is 20.9 Å². The molecular weight excluding hydrogens is 235 g/mol. The van der Waals surface area contributed by atoms with E-state index in [2.05, 4.69) is 15.9 Å². The molecule has 0 aromatic rings. The molecule has 0 amide bonds. The minimum atomic E-state index is -4.15. The van der Waals surface area contributed by atoms with Crippen LogP contribution in [0.15, 0.2) is 0 Å². The van der Waals surface area contributed by atoms with Gasteiger partial charge in [0.1, 0.15) is 4.83 Å². The van der Waals surface area contributed by atoms with E-state index in [4.69, 9.17) is 0 Å². The number of rotatable bonds is 3. The zero-order chi connectivity index (χ0) is 9.94. The Morgan fingerprint density at radius 3 is 2.00 bits per heavy atom. The first kappa shape index (κ1) is 12.2. The molecule has 0 heterocycles. The van der Waals surface area contributed by atoms with Crippen LogP contribution in [0.5, 0.6) is 0 Å². The van der Waals surface area contributed by atoms with Crippen LogP contribution in [0, 0.1) is 0 Å². The smallest absolute Gasteiger partial charge is 0.303 e. The molecule has 0 aliphatic heterocycles. The third-order valence-corrected chi connectivity index (χ3v) is 2.49. The van der Waals surface area contributed by atoms with Gasteiger partial charge in [-0.3, -0.25) is 0 Å². The molecule has 0 radical (unpaired) electrons. The SMILES string of the molecule is CC(C)N(C)CC(Br)C(F)(F)F. The highest BCUT2D eigenvalue weighted by molar-refractivity contribution is 9.09. The van der Waals surface area contributed by atoms with Gasteiger partial charge in [0, 0.05) is 12.6 Å². The molecule has 74 valence electrons. The molecule has 5 heteroatoms. The third kappa shape index (κ3) is 4.30. The van der Waals surface area contributed by atoms with Crippen molar-refractivity contribution in [1.82, 2.24) is 4.90 Å². The lowest BCUT2D eigenvalue weighted by Gasteiger charge is -2.24. The summed E-state index contributed by atoms with van der Waals surface area (Å²) in [7, 11) is 1.67. The summed E-state index contributed by atoms with van der Waals surface area (Å²) in [6.07, 6.45) is -4.15. The topological polar surface area (TPSA) is 3.24 Å². The first-order valence-electron chi connectivity index (χ1n) is 3.66. The predicted octanol–water partition coefficient (Wildman–Crippen LogP) is 2.65. The van der Waals surface area contributed by atoms with Crippen molar-refractivity contribution in [3.63, 3.8) is 0 Å². The Morgan fingerprint density at radius 2 is 1.75 bits per heavy atom. The van der Waals surface area contributed by atoms with E-state index in [0.29, 0.717) is 0 Å². The standard InChI is InChI=1S/C7H13BrF3N/c1-5(2)12(3)4-6(8)7(9,10)11/h5-6H,4H2,1-3H3. The lowest BCUT2D eigenvalue weighted by atomic mass is 10.3. The highest BCUT2D eigenvalue weighted by atomic mass is 79.9. The van der Waals surface area contributed by atoms with Crippen LogP contribution in [0.1, 0.15) is 13.8 Å². The van der Waals surface area contributed by atoms with Gasteiger partial charge in [0.15, 0.2) is 0 Å². The zero-order valence-corrected chi connectivity index (χ0v) is 8.91. The van der Waals surface area contributed by atoms with Crippen LogP contribution in [0.25, 0.3) is 0 Å². The lowest BCUT2D eigenvalue weighted by Crippen LogP contribution is -2.38. The van der Waals surface area contributed by atoms with Crippen molar-refractivity contribution in [2.45, 2.75) is 30.9 Å². The second kappa shape index (κ2) is 4.46. The second-order valence-electron chi connectivity index (χ2n) is 3.04. The zero-order valence-electron chi connectivity index (χ0n) is 7.32. The number of alkyl halides is 4. The summed E-state index contributed by atoms with van der Waals surface area (Å²) in [5.41, 5.74) is 0. The molecular formula is C7H13BrF3N. The highest BCUT2D eigenvalue weighted by Crippen LogP contribution is 2.26. The van der Waals surface area contributed by atoms with Crippen LogP contribution in [-0.4, -0.2) is 35.5 Å². The molecule has 0 aromatic carbocycles. The molecule has 0 saturated carbocycles. The molecule has 0 aliphatic carbocycles.